The van der Waals surface area contributed by atoms with Gasteiger partial charge in [0.15, 0.2) is 0 Å². The van der Waals surface area contributed by atoms with Gasteiger partial charge in [-0.25, -0.2) is 0 Å². The summed E-state index contributed by atoms with van der Waals surface area (Å²) < 4.78 is 9.84. The summed E-state index contributed by atoms with van der Waals surface area (Å²) in [6, 6.07) is 13.3. The SMILES string of the molecule is CCC1C(C)=C(c2ccc(OC#N)cc2)c2cc(OC#N)ccc21. The Hall–Kier alpha value is -3.24. The molecule has 3 rings (SSSR count). The molecule has 0 amide bonds. The van der Waals surface area contributed by atoms with Crippen LogP contribution in [0.2, 0.25) is 0 Å². The first kappa shape index (κ1) is 15.6. The van der Waals surface area contributed by atoms with E-state index in [1.165, 1.54) is 11.1 Å². The van der Waals surface area contributed by atoms with Crippen molar-refractivity contribution >= 4 is 5.57 Å². The number of allylic oxidation sites excluding steroid dienone is 1. The van der Waals surface area contributed by atoms with Gasteiger partial charge >= 0.3 is 0 Å². The predicted molar refractivity (Wildman–Crippen MR) is 90.1 cm³/mol. The van der Waals surface area contributed by atoms with Crippen molar-refractivity contribution in [3.63, 3.8) is 0 Å². The van der Waals surface area contributed by atoms with Crippen LogP contribution in [0.25, 0.3) is 5.57 Å². The average molecular weight is 316 g/mol. The van der Waals surface area contributed by atoms with Crippen molar-refractivity contribution in [2.24, 2.45) is 0 Å². The first-order chi connectivity index (χ1) is 11.7. The number of ether oxygens (including phenoxy) is 2. The van der Waals surface area contributed by atoms with E-state index in [0.29, 0.717) is 17.4 Å². The first-order valence-electron chi connectivity index (χ1n) is 7.77. The van der Waals surface area contributed by atoms with Gasteiger partial charge in [0, 0.05) is 5.92 Å². The van der Waals surface area contributed by atoms with Gasteiger partial charge in [-0.1, -0.05) is 30.7 Å². The Morgan fingerprint density at radius 1 is 0.958 bits per heavy atom. The van der Waals surface area contributed by atoms with Gasteiger partial charge in [0.2, 0.25) is 0 Å². The number of hydrogen-bond donors (Lipinski definition) is 0. The van der Waals surface area contributed by atoms with Gasteiger partial charge in [-0.2, -0.15) is 0 Å². The number of hydrogen-bond acceptors (Lipinski definition) is 4. The largest absolute Gasteiger partial charge is 0.388 e. The maximum absolute atomic E-state index is 8.76. The summed E-state index contributed by atoms with van der Waals surface area (Å²) in [5.41, 5.74) is 5.87. The molecule has 0 aromatic heterocycles. The maximum atomic E-state index is 8.76. The van der Waals surface area contributed by atoms with Gasteiger partial charge in [-0.15, -0.1) is 10.5 Å². The topological polar surface area (TPSA) is 66.0 Å². The van der Waals surface area contributed by atoms with Crippen LogP contribution in [0.15, 0.2) is 48.0 Å². The zero-order valence-electron chi connectivity index (χ0n) is 13.5. The van der Waals surface area contributed by atoms with Crippen LogP contribution in [0.1, 0.15) is 42.9 Å². The van der Waals surface area contributed by atoms with E-state index in [0.717, 1.165) is 23.1 Å². The Labute approximate surface area is 141 Å². The molecule has 2 aromatic carbocycles. The van der Waals surface area contributed by atoms with Crippen LogP contribution in [0, 0.1) is 23.0 Å². The normalized spacial score (nSPS) is 15.4. The van der Waals surface area contributed by atoms with E-state index in [1.807, 2.05) is 30.3 Å². The summed E-state index contributed by atoms with van der Waals surface area (Å²) in [6.45, 7) is 4.32. The Kier molecular flexibility index (Phi) is 4.22. The molecule has 0 spiro atoms. The molecule has 118 valence electrons. The molecular weight excluding hydrogens is 300 g/mol. The average Bonchev–Trinajstić information content (AvgIpc) is 2.87. The quantitative estimate of drug-likeness (QED) is 0.764. The highest BCUT2D eigenvalue weighted by atomic mass is 16.5. The van der Waals surface area contributed by atoms with Gasteiger partial charge in [0.1, 0.15) is 11.5 Å². The maximum Gasteiger partial charge on any atom is 0.292 e. The van der Waals surface area contributed by atoms with Gasteiger partial charge in [0.05, 0.1) is 0 Å². The molecule has 0 radical (unpaired) electrons. The van der Waals surface area contributed by atoms with Crippen LogP contribution in [-0.4, -0.2) is 0 Å². The fourth-order valence-corrected chi connectivity index (χ4v) is 3.44. The van der Waals surface area contributed by atoms with Crippen molar-refractivity contribution in [2.45, 2.75) is 26.2 Å². The van der Waals surface area contributed by atoms with Crippen molar-refractivity contribution in [1.82, 2.24) is 0 Å². The second kappa shape index (κ2) is 6.48. The smallest absolute Gasteiger partial charge is 0.292 e. The second-order valence-electron chi connectivity index (χ2n) is 5.68. The van der Waals surface area contributed by atoms with Gasteiger partial charge < -0.3 is 9.47 Å². The molecule has 0 heterocycles. The lowest BCUT2D eigenvalue weighted by atomic mass is 9.94. The monoisotopic (exact) mass is 316 g/mol. The summed E-state index contributed by atoms with van der Waals surface area (Å²) in [6.07, 6.45) is 4.41. The van der Waals surface area contributed by atoms with Crippen LogP contribution in [-0.2, 0) is 0 Å². The van der Waals surface area contributed by atoms with Crippen LogP contribution in [0.4, 0.5) is 0 Å². The highest BCUT2D eigenvalue weighted by Gasteiger charge is 2.28. The molecule has 24 heavy (non-hydrogen) atoms. The van der Waals surface area contributed by atoms with Gasteiger partial charge in [-0.3, -0.25) is 0 Å². The molecule has 0 bridgehead atoms. The van der Waals surface area contributed by atoms with Crippen molar-refractivity contribution in [1.29, 1.82) is 10.5 Å². The fraction of sp³-hybridized carbons (Fsp3) is 0.200. The minimum atomic E-state index is 0.362. The second-order valence-corrected chi connectivity index (χ2v) is 5.68. The van der Waals surface area contributed by atoms with Gasteiger partial charge in [0.25, 0.3) is 12.5 Å². The predicted octanol–water partition coefficient (Wildman–Crippen LogP) is 4.74. The van der Waals surface area contributed by atoms with Crippen LogP contribution in [0.3, 0.4) is 0 Å². The summed E-state index contributed by atoms with van der Waals surface area (Å²) in [7, 11) is 0. The van der Waals surface area contributed by atoms with Crippen molar-refractivity contribution in [3.8, 4) is 24.0 Å². The van der Waals surface area contributed by atoms with E-state index in [2.05, 4.69) is 13.8 Å². The molecule has 1 atom stereocenters. The number of rotatable bonds is 4. The van der Waals surface area contributed by atoms with Gasteiger partial charge in [-0.05, 0) is 59.9 Å². The van der Waals surface area contributed by atoms with E-state index in [9.17, 15) is 0 Å². The molecule has 0 saturated heterocycles. The van der Waals surface area contributed by atoms with E-state index < -0.39 is 0 Å². The molecule has 0 fully saturated rings. The molecule has 2 aromatic rings. The number of nitrogens with zero attached hydrogens (tertiary/aromatic N) is 2. The number of fused-ring (bicyclic) bond motifs is 1. The summed E-state index contributed by atoms with van der Waals surface area (Å²) in [5, 5.41) is 17.4. The highest BCUT2D eigenvalue weighted by molar-refractivity contribution is 5.89. The lowest BCUT2D eigenvalue weighted by molar-refractivity contribution is 0.506. The summed E-state index contributed by atoms with van der Waals surface area (Å²) in [5.74, 6) is 1.43. The fourth-order valence-electron chi connectivity index (χ4n) is 3.44. The lowest BCUT2D eigenvalue weighted by Gasteiger charge is -2.11. The molecule has 4 heteroatoms. The van der Waals surface area contributed by atoms with Crippen molar-refractivity contribution in [3.05, 3.63) is 64.7 Å². The van der Waals surface area contributed by atoms with E-state index in [1.54, 1.807) is 24.6 Å². The van der Waals surface area contributed by atoms with E-state index in [-0.39, 0.29) is 0 Å². The Bertz CT molecular complexity index is 883. The minimum Gasteiger partial charge on any atom is -0.388 e. The van der Waals surface area contributed by atoms with Crippen molar-refractivity contribution < 1.29 is 9.47 Å². The molecule has 1 aliphatic carbocycles. The highest BCUT2D eigenvalue weighted by Crippen LogP contribution is 2.47. The van der Waals surface area contributed by atoms with Crippen LogP contribution >= 0.6 is 0 Å². The Balaban J connectivity index is 2.10. The zero-order chi connectivity index (χ0) is 17.1. The third-order valence-electron chi connectivity index (χ3n) is 4.46. The van der Waals surface area contributed by atoms with Crippen LogP contribution < -0.4 is 9.47 Å². The van der Waals surface area contributed by atoms with Crippen molar-refractivity contribution in [2.75, 3.05) is 0 Å². The first-order valence-corrected chi connectivity index (χ1v) is 7.77. The molecule has 0 N–H and O–H groups in total. The Morgan fingerprint density at radius 3 is 2.21 bits per heavy atom. The molecule has 1 unspecified atom stereocenters. The third-order valence-corrected chi connectivity index (χ3v) is 4.46. The molecule has 0 aliphatic heterocycles. The molecule has 0 saturated carbocycles. The molecular formula is C20H16N2O2. The standard InChI is InChI=1S/C20H16N2O2/c1-3-17-13(2)20(14-4-6-15(7-5-14)23-11-21)19-10-16(24-12-22)8-9-18(17)19/h4-10,17H,3H2,1-2H3. The lowest BCUT2D eigenvalue weighted by Crippen LogP contribution is -1.94. The van der Waals surface area contributed by atoms with E-state index in [4.69, 9.17) is 20.0 Å². The zero-order valence-corrected chi connectivity index (χ0v) is 13.5. The third kappa shape index (κ3) is 2.59. The number of benzene rings is 2. The number of nitriles is 2. The van der Waals surface area contributed by atoms with Crippen LogP contribution in [0.5, 0.6) is 11.5 Å². The van der Waals surface area contributed by atoms with E-state index >= 15 is 0 Å². The molecule has 1 aliphatic rings. The summed E-state index contributed by atoms with van der Waals surface area (Å²) >= 11 is 0. The minimum absolute atomic E-state index is 0.362. The molecule has 4 nitrogen and oxygen atoms in total. The summed E-state index contributed by atoms with van der Waals surface area (Å²) in [4.78, 5) is 0. The Morgan fingerprint density at radius 2 is 1.58 bits per heavy atom.